The van der Waals surface area contributed by atoms with Crippen LogP contribution in [0.1, 0.15) is 6.04 Å². The van der Waals surface area contributed by atoms with Crippen LogP contribution in [0, 0.1) is 0 Å². The smallest absolute Gasteiger partial charge is 0.159 e. The summed E-state index contributed by atoms with van der Waals surface area (Å²) in [5, 5.41) is 0.689. The lowest BCUT2D eigenvalue weighted by Crippen LogP contribution is -2.24. The topological polar surface area (TPSA) is 62.1 Å². The second kappa shape index (κ2) is 6.92. The lowest BCUT2D eigenvalue weighted by molar-refractivity contribution is 0.0688. The van der Waals surface area contributed by atoms with Crippen molar-refractivity contribution in [1.29, 1.82) is 0 Å². The monoisotopic (exact) mass is 356 g/mol. The van der Waals surface area contributed by atoms with Crippen LogP contribution in [-0.4, -0.2) is 45.9 Å². The van der Waals surface area contributed by atoms with E-state index in [-0.39, 0.29) is 12.1 Å². The largest absolute Gasteiger partial charge is 0.377 e. The van der Waals surface area contributed by atoms with E-state index in [9.17, 15) is 0 Å². The fraction of sp³-hybridized carbons (Fsp3) is 0.278. The number of ether oxygens (including phenoxy) is 2. The molecule has 25 heavy (non-hydrogen) atoms. The molecule has 1 fully saturated rings. The third-order valence-corrected chi connectivity index (χ3v) is 4.59. The number of hydrogen-bond donors (Lipinski definition) is 0. The van der Waals surface area contributed by atoms with E-state index < -0.39 is 0 Å². The third-order valence-electron chi connectivity index (χ3n) is 4.34. The molecule has 0 spiro atoms. The number of imidazole rings is 1. The Morgan fingerprint density at radius 2 is 1.84 bits per heavy atom. The molecule has 0 bridgehead atoms. The van der Waals surface area contributed by atoms with Crippen LogP contribution in [-0.2, 0) is 9.47 Å². The molecule has 1 aromatic carbocycles. The minimum absolute atomic E-state index is 0.0159. The predicted molar refractivity (Wildman–Crippen MR) is 94.4 cm³/mol. The molecule has 6 nitrogen and oxygen atoms in total. The van der Waals surface area contributed by atoms with Gasteiger partial charge in [-0.2, -0.15) is 0 Å². The summed E-state index contributed by atoms with van der Waals surface area (Å²) in [4.78, 5) is 13.4. The Balaban J connectivity index is 1.63. The minimum atomic E-state index is 0.0159. The van der Waals surface area contributed by atoms with Crippen LogP contribution in [0.4, 0.5) is 0 Å². The maximum Gasteiger partial charge on any atom is 0.159 e. The van der Waals surface area contributed by atoms with Crippen LogP contribution in [0.3, 0.4) is 0 Å². The van der Waals surface area contributed by atoms with Crippen LogP contribution in [0.2, 0.25) is 5.02 Å². The van der Waals surface area contributed by atoms with Gasteiger partial charge in [-0.15, -0.1) is 0 Å². The van der Waals surface area contributed by atoms with Gasteiger partial charge in [0, 0.05) is 42.5 Å². The fourth-order valence-corrected chi connectivity index (χ4v) is 3.13. The highest BCUT2D eigenvalue weighted by Gasteiger charge is 2.31. The van der Waals surface area contributed by atoms with Gasteiger partial charge < -0.3 is 14.0 Å². The van der Waals surface area contributed by atoms with E-state index >= 15 is 0 Å². The number of benzene rings is 1. The van der Waals surface area contributed by atoms with E-state index in [0.29, 0.717) is 24.1 Å². The Hall–Kier alpha value is -2.28. The van der Waals surface area contributed by atoms with E-state index in [2.05, 4.69) is 19.5 Å². The SMILES string of the molecule is CO[C@H]1COC[C@H]1n1ccnc1-c1cnc(-c2ccc(Cl)cc2)nc1. The lowest BCUT2D eigenvalue weighted by Gasteiger charge is -2.19. The van der Waals surface area contributed by atoms with Crippen molar-refractivity contribution in [2.45, 2.75) is 12.1 Å². The molecule has 3 heterocycles. The van der Waals surface area contributed by atoms with E-state index in [4.69, 9.17) is 21.1 Å². The molecule has 1 aliphatic rings. The zero-order chi connectivity index (χ0) is 17.2. The molecule has 0 amide bonds. The Bertz CT molecular complexity index is 848. The Morgan fingerprint density at radius 3 is 2.56 bits per heavy atom. The van der Waals surface area contributed by atoms with Crippen molar-refractivity contribution < 1.29 is 9.47 Å². The van der Waals surface area contributed by atoms with Gasteiger partial charge in [0.1, 0.15) is 11.9 Å². The first kappa shape index (κ1) is 16.2. The van der Waals surface area contributed by atoms with Gasteiger partial charge in [0.2, 0.25) is 0 Å². The number of halogens is 1. The van der Waals surface area contributed by atoms with Crippen molar-refractivity contribution in [3.63, 3.8) is 0 Å². The Labute approximate surface area is 150 Å². The molecule has 0 unspecified atom stereocenters. The first-order valence-corrected chi connectivity index (χ1v) is 8.36. The molecule has 0 aliphatic carbocycles. The maximum absolute atomic E-state index is 5.92. The standard InChI is InChI=1S/C18H17ClN4O2/c1-24-16-11-25-10-15(16)23-7-6-20-18(23)13-8-21-17(22-9-13)12-2-4-14(19)5-3-12/h2-9,15-16H,10-11H2,1H3/t15-,16+/m1/s1. The number of methoxy groups -OCH3 is 1. The average Bonchev–Trinajstić information content (AvgIpc) is 3.31. The molecule has 128 valence electrons. The zero-order valence-electron chi connectivity index (χ0n) is 13.7. The first-order chi connectivity index (χ1) is 12.3. The molecule has 1 aliphatic heterocycles. The van der Waals surface area contributed by atoms with Gasteiger partial charge in [-0.3, -0.25) is 0 Å². The highest BCUT2D eigenvalue weighted by atomic mass is 35.5. The molecule has 0 saturated carbocycles. The van der Waals surface area contributed by atoms with Gasteiger partial charge in [0.25, 0.3) is 0 Å². The molecule has 2 atom stereocenters. The second-order valence-electron chi connectivity index (χ2n) is 5.84. The summed E-state index contributed by atoms with van der Waals surface area (Å²) in [6.07, 6.45) is 7.30. The Kier molecular flexibility index (Phi) is 4.48. The van der Waals surface area contributed by atoms with Crippen molar-refractivity contribution in [3.05, 3.63) is 54.1 Å². The van der Waals surface area contributed by atoms with Crippen molar-refractivity contribution >= 4 is 11.6 Å². The van der Waals surface area contributed by atoms with E-state index in [1.165, 1.54) is 0 Å². The number of nitrogens with zero attached hydrogens (tertiary/aromatic N) is 4. The van der Waals surface area contributed by atoms with Gasteiger partial charge >= 0.3 is 0 Å². The van der Waals surface area contributed by atoms with E-state index in [1.54, 1.807) is 25.7 Å². The second-order valence-corrected chi connectivity index (χ2v) is 6.28. The van der Waals surface area contributed by atoms with Crippen LogP contribution in [0.5, 0.6) is 0 Å². The summed E-state index contributed by atoms with van der Waals surface area (Å²) < 4.78 is 13.1. The van der Waals surface area contributed by atoms with Crippen molar-refractivity contribution in [2.24, 2.45) is 0 Å². The third kappa shape index (κ3) is 3.16. The Morgan fingerprint density at radius 1 is 1.08 bits per heavy atom. The van der Waals surface area contributed by atoms with Gasteiger partial charge in [-0.25, -0.2) is 15.0 Å². The minimum Gasteiger partial charge on any atom is -0.377 e. The molecular formula is C18H17ClN4O2. The van der Waals surface area contributed by atoms with Crippen LogP contribution in [0.25, 0.3) is 22.8 Å². The highest BCUT2D eigenvalue weighted by molar-refractivity contribution is 6.30. The van der Waals surface area contributed by atoms with Crippen LogP contribution >= 0.6 is 11.6 Å². The molecule has 7 heteroatoms. The molecule has 3 aromatic rings. The van der Waals surface area contributed by atoms with Gasteiger partial charge in [-0.1, -0.05) is 11.6 Å². The lowest BCUT2D eigenvalue weighted by atomic mass is 10.2. The highest BCUT2D eigenvalue weighted by Crippen LogP contribution is 2.28. The molecule has 2 aromatic heterocycles. The average molecular weight is 357 g/mol. The first-order valence-electron chi connectivity index (χ1n) is 7.98. The maximum atomic E-state index is 5.92. The summed E-state index contributed by atoms with van der Waals surface area (Å²) in [5.74, 6) is 1.46. The predicted octanol–water partition coefficient (Wildman–Crippen LogP) is 3.25. The molecular weight excluding hydrogens is 340 g/mol. The summed E-state index contributed by atoms with van der Waals surface area (Å²) in [6, 6.07) is 7.55. The van der Waals surface area contributed by atoms with E-state index in [1.807, 2.05) is 30.5 Å². The number of rotatable bonds is 4. The van der Waals surface area contributed by atoms with Crippen molar-refractivity contribution in [3.8, 4) is 22.8 Å². The normalized spacial score (nSPS) is 20.1. The number of hydrogen-bond acceptors (Lipinski definition) is 5. The molecule has 0 N–H and O–H groups in total. The number of aromatic nitrogens is 4. The van der Waals surface area contributed by atoms with Gasteiger partial charge in [-0.05, 0) is 24.3 Å². The molecule has 4 rings (SSSR count). The van der Waals surface area contributed by atoms with Crippen molar-refractivity contribution in [1.82, 2.24) is 19.5 Å². The van der Waals surface area contributed by atoms with Crippen LogP contribution in [0.15, 0.2) is 49.1 Å². The van der Waals surface area contributed by atoms with Crippen LogP contribution < -0.4 is 0 Å². The summed E-state index contributed by atoms with van der Waals surface area (Å²) >= 11 is 5.92. The zero-order valence-corrected chi connectivity index (χ0v) is 14.4. The summed E-state index contributed by atoms with van der Waals surface area (Å²) in [7, 11) is 1.70. The van der Waals surface area contributed by atoms with E-state index in [0.717, 1.165) is 17.0 Å². The molecule has 0 radical (unpaired) electrons. The summed E-state index contributed by atoms with van der Waals surface area (Å²) in [6.45, 7) is 1.19. The quantitative estimate of drug-likeness (QED) is 0.718. The summed E-state index contributed by atoms with van der Waals surface area (Å²) in [5.41, 5.74) is 1.77. The van der Waals surface area contributed by atoms with Crippen molar-refractivity contribution in [2.75, 3.05) is 20.3 Å². The van der Waals surface area contributed by atoms with Gasteiger partial charge in [0.15, 0.2) is 5.82 Å². The fourth-order valence-electron chi connectivity index (χ4n) is 3.00. The molecule has 1 saturated heterocycles. The van der Waals surface area contributed by atoms with Gasteiger partial charge in [0.05, 0.1) is 24.8 Å².